The van der Waals surface area contributed by atoms with Gasteiger partial charge in [0.2, 0.25) is 5.91 Å². The predicted octanol–water partition coefficient (Wildman–Crippen LogP) is 1.23. The summed E-state index contributed by atoms with van der Waals surface area (Å²) in [6.07, 6.45) is 0.910. The molecule has 0 unspecified atom stereocenters. The summed E-state index contributed by atoms with van der Waals surface area (Å²) in [7, 11) is -1.98. The average Bonchev–Trinajstić information content (AvgIpc) is 2.71. The van der Waals surface area contributed by atoms with Crippen LogP contribution in [0.15, 0.2) is 33.6 Å². The summed E-state index contributed by atoms with van der Waals surface area (Å²) >= 11 is 0. The van der Waals surface area contributed by atoms with Gasteiger partial charge in [-0.05, 0) is 24.5 Å². The van der Waals surface area contributed by atoms with Crippen LogP contribution in [0.3, 0.4) is 0 Å². The molecule has 120 valence electrons. The quantitative estimate of drug-likeness (QED) is 0.884. The molecule has 1 aromatic carbocycles. The highest BCUT2D eigenvalue weighted by Crippen LogP contribution is 2.26. The van der Waals surface area contributed by atoms with Crippen LogP contribution < -0.4 is 5.32 Å². The number of hydrogen-bond donors (Lipinski definition) is 1. The number of amidine groups is 1. The van der Waals surface area contributed by atoms with Crippen LogP contribution in [0.5, 0.6) is 0 Å². The standard InChI is InChI=1S/C15H21N3O3S/c1-11(2)8-9-16-14(19)10-18(3)15-12-6-4-5-7-13(12)22(20,21)17-15/h4-7,11H,8-10H2,1-3H3,(H,16,19). The van der Waals surface area contributed by atoms with Crippen molar-refractivity contribution in [2.75, 3.05) is 20.1 Å². The van der Waals surface area contributed by atoms with Gasteiger partial charge >= 0.3 is 0 Å². The Labute approximate surface area is 131 Å². The summed E-state index contributed by atoms with van der Waals surface area (Å²) in [6.45, 7) is 4.87. The SMILES string of the molecule is CC(C)CCNC(=O)CN(C)C1=NS(=O)(=O)c2ccccc21. The summed E-state index contributed by atoms with van der Waals surface area (Å²) in [5, 5.41) is 2.83. The zero-order valence-electron chi connectivity index (χ0n) is 13.0. The molecule has 1 aromatic rings. The van der Waals surface area contributed by atoms with E-state index in [0.29, 0.717) is 23.9 Å². The number of carbonyl (C=O) groups excluding carboxylic acids is 1. The maximum Gasteiger partial charge on any atom is 0.285 e. The van der Waals surface area contributed by atoms with E-state index in [1.165, 1.54) is 6.07 Å². The van der Waals surface area contributed by atoms with Crippen molar-refractivity contribution in [3.05, 3.63) is 29.8 Å². The van der Waals surface area contributed by atoms with Crippen molar-refractivity contribution in [3.63, 3.8) is 0 Å². The van der Waals surface area contributed by atoms with E-state index in [-0.39, 0.29) is 17.3 Å². The summed E-state index contributed by atoms with van der Waals surface area (Å²) in [5.74, 6) is 0.691. The number of sulfonamides is 1. The van der Waals surface area contributed by atoms with Crippen LogP contribution in [0.2, 0.25) is 0 Å². The number of hydrogen-bond acceptors (Lipinski definition) is 4. The van der Waals surface area contributed by atoms with Crippen molar-refractivity contribution in [1.82, 2.24) is 10.2 Å². The van der Waals surface area contributed by atoms with E-state index in [2.05, 4.69) is 23.6 Å². The highest BCUT2D eigenvalue weighted by molar-refractivity contribution is 7.90. The van der Waals surface area contributed by atoms with E-state index >= 15 is 0 Å². The zero-order chi connectivity index (χ0) is 16.3. The van der Waals surface area contributed by atoms with E-state index in [1.54, 1.807) is 30.1 Å². The second kappa shape index (κ2) is 6.48. The topological polar surface area (TPSA) is 78.8 Å². The third-order valence-corrected chi connectivity index (χ3v) is 4.72. The maximum absolute atomic E-state index is 12.0. The Morgan fingerprint density at radius 3 is 2.68 bits per heavy atom. The second-order valence-electron chi connectivity index (χ2n) is 5.77. The molecule has 0 aliphatic carbocycles. The molecule has 1 aliphatic heterocycles. The van der Waals surface area contributed by atoms with Gasteiger partial charge in [0, 0.05) is 19.2 Å². The molecule has 0 fully saturated rings. The van der Waals surface area contributed by atoms with E-state index in [9.17, 15) is 13.2 Å². The number of rotatable bonds is 5. The highest BCUT2D eigenvalue weighted by Gasteiger charge is 2.30. The van der Waals surface area contributed by atoms with Gasteiger partial charge in [-0.15, -0.1) is 4.40 Å². The molecule has 1 heterocycles. The first-order chi connectivity index (χ1) is 10.3. The van der Waals surface area contributed by atoms with Crippen LogP contribution in [-0.4, -0.2) is 45.2 Å². The monoisotopic (exact) mass is 323 g/mol. The van der Waals surface area contributed by atoms with Gasteiger partial charge in [-0.3, -0.25) is 4.79 Å². The lowest BCUT2D eigenvalue weighted by Crippen LogP contribution is -2.38. The number of nitrogens with zero attached hydrogens (tertiary/aromatic N) is 2. The van der Waals surface area contributed by atoms with Crippen molar-refractivity contribution in [2.45, 2.75) is 25.2 Å². The number of nitrogens with one attached hydrogen (secondary N) is 1. The van der Waals surface area contributed by atoms with Crippen LogP contribution in [0.25, 0.3) is 0 Å². The molecule has 0 aromatic heterocycles. The molecule has 0 saturated heterocycles. The summed E-state index contributed by atoms with van der Waals surface area (Å²) in [5.41, 5.74) is 0.542. The lowest BCUT2D eigenvalue weighted by molar-refractivity contribution is -0.121. The predicted molar refractivity (Wildman–Crippen MR) is 85.3 cm³/mol. The average molecular weight is 323 g/mol. The summed E-state index contributed by atoms with van der Waals surface area (Å²) in [6, 6.07) is 6.64. The van der Waals surface area contributed by atoms with Gasteiger partial charge in [0.05, 0.1) is 6.54 Å². The second-order valence-corrected chi connectivity index (χ2v) is 7.35. The van der Waals surface area contributed by atoms with E-state index in [1.807, 2.05) is 0 Å². The highest BCUT2D eigenvalue weighted by atomic mass is 32.2. The fourth-order valence-electron chi connectivity index (χ4n) is 2.21. The minimum absolute atomic E-state index is 0.0702. The Morgan fingerprint density at radius 2 is 2.00 bits per heavy atom. The van der Waals surface area contributed by atoms with Gasteiger partial charge in [-0.1, -0.05) is 26.0 Å². The van der Waals surface area contributed by atoms with Gasteiger partial charge in [0.15, 0.2) is 5.84 Å². The molecule has 0 bridgehead atoms. The fourth-order valence-corrected chi connectivity index (χ4v) is 3.46. The zero-order valence-corrected chi connectivity index (χ0v) is 13.9. The fraction of sp³-hybridized carbons (Fsp3) is 0.467. The van der Waals surface area contributed by atoms with Gasteiger partial charge in [0.25, 0.3) is 10.0 Å². The molecule has 2 rings (SSSR count). The molecule has 6 nitrogen and oxygen atoms in total. The summed E-state index contributed by atoms with van der Waals surface area (Å²) in [4.78, 5) is 13.7. The van der Waals surface area contributed by atoms with Crippen molar-refractivity contribution in [2.24, 2.45) is 10.3 Å². The first-order valence-electron chi connectivity index (χ1n) is 7.23. The van der Waals surface area contributed by atoms with Gasteiger partial charge < -0.3 is 10.2 Å². The molecule has 1 N–H and O–H groups in total. The number of fused-ring (bicyclic) bond motifs is 1. The number of benzene rings is 1. The van der Waals surface area contributed by atoms with Crippen LogP contribution in [0, 0.1) is 5.92 Å². The smallest absolute Gasteiger partial charge is 0.285 e. The summed E-state index contributed by atoms with van der Waals surface area (Å²) < 4.78 is 27.8. The molecule has 0 radical (unpaired) electrons. The molecule has 1 amide bonds. The number of carbonyl (C=O) groups is 1. The molecule has 7 heteroatoms. The Hall–Kier alpha value is -1.89. The normalized spacial score (nSPS) is 15.4. The molecule has 1 aliphatic rings. The number of likely N-dealkylation sites (N-methyl/N-ethyl adjacent to an activating group) is 1. The van der Waals surface area contributed by atoms with Gasteiger partial charge in [-0.25, -0.2) is 0 Å². The van der Waals surface area contributed by atoms with E-state index < -0.39 is 10.0 Å². The minimum Gasteiger partial charge on any atom is -0.355 e. The third-order valence-electron chi connectivity index (χ3n) is 3.40. The van der Waals surface area contributed by atoms with E-state index in [4.69, 9.17) is 0 Å². The van der Waals surface area contributed by atoms with Gasteiger partial charge in [0.1, 0.15) is 4.90 Å². The lowest BCUT2D eigenvalue weighted by Gasteiger charge is -2.18. The first-order valence-corrected chi connectivity index (χ1v) is 8.67. The van der Waals surface area contributed by atoms with Crippen molar-refractivity contribution >= 4 is 21.8 Å². The van der Waals surface area contributed by atoms with Gasteiger partial charge in [-0.2, -0.15) is 8.42 Å². The third kappa shape index (κ3) is 3.65. The molecule has 0 saturated carbocycles. The van der Waals surface area contributed by atoms with Crippen LogP contribution in [0.1, 0.15) is 25.8 Å². The Bertz CT molecular complexity index is 696. The molecular formula is C15H21N3O3S. The van der Waals surface area contributed by atoms with Crippen LogP contribution in [0.4, 0.5) is 0 Å². The minimum atomic E-state index is -3.65. The van der Waals surface area contributed by atoms with Crippen molar-refractivity contribution in [1.29, 1.82) is 0 Å². The van der Waals surface area contributed by atoms with Crippen LogP contribution >= 0.6 is 0 Å². The molecule has 0 atom stereocenters. The Kier molecular flexibility index (Phi) is 4.85. The molecule has 22 heavy (non-hydrogen) atoms. The lowest BCUT2D eigenvalue weighted by atomic mass is 10.1. The molecule has 0 spiro atoms. The van der Waals surface area contributed by atoms with Crippen molar-refractivity contribution in [3.8, 4) is 0 Å². The number of amides is 1. The largest absolute Gasteiger partial charge is 0.355 e. The Balaban J connectivity index is 2.05. The Morgan fingerprint density at radius 1 is 1.32 bits per heavy atom. The maximum atomic E-state index is 12.0. The molecular weight excluding hydrogens is 302 g/mol. The van der Waals surface area contributed by atoms with E-state index in [0.717, 1.165) is 6.42 Å². The van der Waals surface area contributed by atoms with Crippen LogP contribution in [-0.2, 0) is 14.8 Å². The first kappa shape index (κ1) is 16.5. The van der Waals surface area contributed by atoms with Crippen molar-refractivity contribution < 1.29 is 13.2 Å².